The minimum atomic E-state index is -2.09. The van der Waals surface area contributed by atoms with Crippen LogP contribution in [0.15, 0.2) is 18.2 Å². The average molecular weight is 568 g/mol. The lowest BCUT2D eigenvalue weighted by molar-refractivity contribution is -0.184. The summed E-state index contributed by atoms with van der Waals surface area (Å²) in [5.74, 6) is -2.15. The van der Waals surface area contributed by atoms with E-state index in [1.807, 2.05) is 34.6 Å². The van der Waals surface area contributed by atoms with Crippen molar-refractivity contribution in [2.24, 2.45) is 11.8 Å². The molecule has 0 saturated heterocycles. The van der Waals surface area contributed by atoms with Gasteiger partial charge in [-0.3, -0.25) is 10.1 Å². The highest BCUT2D eigenvalue weighted by Gasteiger charge is 2.44. The smallest absolute Gasteiger partial charge is 0.477 e. The summed E-state index contributed by atoms with van der Waals surface area (Å²) in [7, 11) is 0. The fraction of sp³-hybridized carbons (Fsp3) is 0.655. The zero-order valence-corrected chi connectivity index (χ0v) is 24.7. The molecule has 1 rings (SSSR count). The topological polar surface area (TPSA) is 147 Å². The Morgan fingerprint density at radius 1 is 0.850 bits per heavy atom. The number of carboxylic acids is 1. The summed E-state index contributed by atoms with van der Waals surface area (Å²) in [5, 5.41) is 13.1. The third-order valence-electron chi connectivity index (χ3n) is 6.39. The number of benzene rings is 1. The van der Waals surface area contributed by atoms with Gasteiger partial charge >= 0.3 is 24.2 Å². The van der Waals surface area contributed by atoms with E-state index >= 15 is 0 Å². The van der Waals surface area contributed by atoms with E-state index in [0.717, 1.165) is 12.8 Å². The Hall–Kier alpha value is -3.34. The van der Waals surface area contributed by atoms with E-state index in [2.05, 4.69) is 5.32 Å². The summed E-state index contributed by atoms with van der Waals surface area (Å²) in [5.41, 5.74) is -1.76. The quantitative estimate of drug-likeness (QED) is 0.101. The van der Waals surface area contributed by atoms with Crippen molar-refractivity contribution >= 4 is 24.2 Å². The van der Waals surface area contributed by atoms with Gasteiger partial charge < -0.3 is 28.8 Å². The molecule has 1 aromatic rings. The summed E-state index contributed by atoms with van der Waals surface area (Å²) in [4.78, 5) is 49.6. The summed E-state index contributed by atoms with van der Waals surface area (Å²) in [6, 6.07) is 3.87. The number of hydrogen-bond acceptors (Lipinski definition) is 10. The number of esters is 1. The van der Waals surface area contributed by atoms with Crippen LogP contribution in [0.3, 0.4) is 0 Å². The molecule has 0 spiro atoms. The molecule has 0 saturated carbocycles. The van der Waals surface area contributed by atoms with Crippen molar-refractivity contribution in [2.45, 2.75) is 98.8 Å². The normalized spacial score (nSPS) is 14.7. The third kappa shape index (κ3) is 11.8. The first-order chi connectivity index (χ1) is 18.9. The fourth-order valence-corrected chi connectivity index (χ4v) is 3.26. The van der Waals surface area contributed by atoms with Gasteiger partial charge in [-0.1, -0.05) is 60.5 Å². The van der Waals surface area contributed by atoms with Crippen molar-refractivity contribution in [3.05, 3.63) is 23.8 Å². The van der Waals surface area contributed by atoms with Crippen LogP contribution in [0.1, 0.15) is 86.1 Å². The summed E-state index contributed by atoms with van der Waals surface area (Å²) < 4.78 is 26.4. The Kier molecular flexibility index (Phi) is 15.1. The number of nitrogens with one attached hydrogen (secondary N) is 1. The Labute approximate surface area is 236 Å². The molecule has 0 aliphatic rings. The lowest BCUT2D eigenvalue weighted by Crippen LogP contribution is -2.59. The number of hydrogen-bond donors (Lipinski definition) is 2. The second-order valence-electron chi connectivity index (χ2n) is 10.1. The molecule has 3 unspecified atom stereocenters. The number of carbonyl (C=O) groups is 4. The maximum atomic E-state index is 12.5. The van der Waals surface area contributed by atoms with E-state index in [1.54, 1.807) is 13.8 Å². The van der Waals surface area contributed by atoms with E-state index in [0.29, 0.717) is 18.4 Å². The lowest BCUT2D eigenvalue weighted by Gasteiger charge is -2.33. The molecule has 0 aromatic heterocycles. The second-order valence-corrected chi connectivity index (χ2v) is 10.1. The van der Waals surface area contributed by atoms with Gasteiger partial charge in [0, 0.05) is 18.9 Å². The van der Waals surface area contributed by atoms with Crippen molar-refractivity contribution in [1.29, 1.82) is 0 Å². The van der Waals surface area contributed by atoms with Crippen LogP contribution in [-0.2, 0) is 30.2 Å². The van der Waals surface area contributed by atoms with E-state index in [1.165, 1.54) is 18.2 Å². The van der Waals surface area contributed by atoms with Gasteiger partial charge in [0.05, 0.1) is 13.2 Å². The average Bonchev–Trinajstić information content (AvgIpc) is 2.91. The molecule has 11 heteroatoms. The van der Waals surface area contributed by atoms with Gasteiger partial charge in [-0.05, 0) is 49.3 Å². The Balaban J connectivity index is 3.38. The SMILES string of the molecule is CCCC(=O)O[C@](Cc1ccc(OC(=O)OCC(C)CC)c(OC(=O)OCC(C)CC)c1)(NC(C)CC)C(=O)O. The Morgan fingerprint density at radius 3 is 1.88 bits per heavy atom. The Bertz CT molecular complexity index is 982. The molecule has 226 valence electrons. The minimum absolute atomic E-state index is 0.0408. The van der Waals surface area contributed by atoms with Crippen LogP contribution < -0.4 is 14.8 Å². The molecular weight excluding hydrogens is 522 g/mol. The summed E-state index contributed by atoms with van der Waals surface area (Å²) in [6.45, 7) is 13.4. The molecule has 40 heavy (non-hydrogen) atoms. The van der Waals surface area contributed by atoms with Gasteiger partial charge in [-0.2, -0.15) is 0 Å². The van der Waals surface area contributed by atoms with Crippen LogP contribution in [-0.4, -0.2) is 54.3 Å². The van der Waals surface area contributed by atoms with Crippen molar-refractivity contribution < 1.29 is 48.0 Å². The molecule has 2 N–H and O–H groups in total. The molecule has 0 aliphatic carbocycles. The first-order valence-electron chi connectivity index (χ1n) is 13.9. The van der Waals surface area contributed by atoms with Crippen LogP contribution in [0.5, 0.6) is 11.5 Å². The predicted octanol–water partition coefficient (Wildman–Crippen LogP) is 5.86. The number of carboxylic acid groups (broad SMARTS) is 1. The Morgan fingerprint density at radius 2 is 1.40 bits per heavy atom. The van der Waals surface area contributed by atoms with Crippen LogP contribution in [0.4, 0.5) is 9.59 Å². The minimum Gasteiger partial charge on any atom is -0.477 e. The zero-order chi connectivity index (χ0) is 30.3. The maximum absolute atomic E-state index is 12.5. The monoisotopic (exact) mass is 567 g/mol. The standard InChI is InChI=1S/C29H45NO10/c1-8-12-25(31)40-29(26(32)33,30-21(7)11-4)16-22-13-14-23(38-27(34)36-17-19(5)9-2)24(15-22)39-28(35)37-18-20(6)10-3/h13-15,19-21,30H,8-12,16-18H2,1-7H3,(H,32,33)/t19?,20?,21?,29-/m0/s1. The van der Waals surface area contributed by atoms with Gasteiger partial charge in [-0.15, -0.1) is 0 Å². The van der Waals surface area contributed by atoms with E-state index in [-0.39, 0.29) is 55.4 Å². The fourth-order valence-electron chi connectivity index (χ4n) is 3.26. The molecule has 0 heterocycles. The highest BCUT2D eigenvalue weighted by atomic mass is 16.7. The molecule has 0 aliphatic heterocycles. The number of ether oxygens (including phenoxy) is 5. The van der Waals surface area contributed by atoms with Crippen molar-refractivity contribution in [2.75, 3.05) is 13.2 Å². The van der Waals surface area contributed by atoms with Gasteiger partial charge in [-0.25, -0.2) is 14.4 Å². The van der Waals surface area contributed by atoms with Crippen LogP contribution in [0.2, 0.25) is 0 Å². The molecule has 4 atom stereocenters. The molecule has 0 radical (unpaired) electrons. The largest absolute Gasteiger partial charge is 0.513 e. The van der Waals surface area contributed by atoms with Crippen molar-refractivity contribution in [3.63, 3.8) is 0 Å². The third-order valence-corrected chi connectivity index (χ3v) is 6.39. The highest BCUT2D eigenvalue weighted by Crippen LogP contribution is 2.32. The highest BCUT2D eigenvalue weighted by molar-refractivity contribution is 5.82. The number of rotatable bonds is 17. The van der Waals surface area contributed by atoms with Gasteiger partial charge in [0.2, 0.25) is 0 Å². The first-order valence-corrected chi connectivity index (χ1v) is 13.9. The summed E-state index contributed by atoms with van der Waals surface area (Å²) >= 11 is 0. The van der Waals surface area contributed by atoms with Gasteiger partial charge in [0.1, 0.15) is 0 Å². The number of carbonyl (C=O) groups excluding carboxylic acids is 3. The second kappa shape index (κ2) is 17.4. The molecule has 0 amide bonds. The van der Waals surface area contributed by atoms with Crippen molar-refractivity contribution in [1.82, 2.24) is 5.32 Å². The van der Waals surface area contributed by atoms with Crippen molar-refractivity contribution in [3.8, 4) is 11.5 Å². The van der Waals surface area contributed by atoms with E-state index < -0.39 is 30.0 Å². The van der Waals surface area contributed by atoms with Crippen LogP contribution >= 0.6 is 0 Å². The molecule has 1 aromatic carbocycles. The summed E-state index contributed by atoms with van der Waals surface area (Å²) in [6.07, 6.45) is 0.367. The predicted molar refractivity (Wildman–Crippen MR) is 147 cm³/mol. The maximum Gasteiger partial charge on any atom is 0.513 e. The molecule has 0 fully saturated rings. The molecular formula is C29H45NO10. The first kappa shape index (κ1) is 34.7. The molecule has 11 nitrogen and oxygen atoms in total. The zero-order valence-electron chi connectivity index (χ0n) is 24.7. The van der Waals surface area contributed by atoms with Crippen LogP contribution in [0, 0.1) is 11.8 Å². The lowest BCUT2D eigenvalue weighted by atomic mass is 10.00. The number of aliphatic carboxylic acids is 1. The van der Waals surface area contributed by atoms with E-state index in [4.69, 9.17) is 23.7 Å². The van der Waals surface area contributed by atoms with Crippen LogP contribution in [0.25, 0.3) is 0 Å². The molecule has 0 bridgehead atoms. The van der Waals surface area contributed by atoms with Gasteiger partial charge in [0.25, 0.3) is 5.72 Å². The van der Waals surface area contributed by atoms with E-state index in [9.17, 15) is 24.3 Å². The van der Waals surface area contributed by atoms with Gasteiger partial charge in [0.15, 0.2) is 11.5 Å².